The number of ether oxygens (including phenoxy) is 10. The lowest BCUT2D eigenvalue weighted by atomic mass is 9.86. The number of carbonyl (C=O) groups excluding carboxylic acids is 2. The summed E-state index contributed by atoms with van der Waals surface area (Å²) in [5, 5.41) is -0.330. The van der Waals surface area contributed by atoms with Crippen LogP contribution in [0.5, 0.6) is 46.0 Å². The number of hydrogen-bond donors (Lipinski definition) is 0. The zero-order valence-electron chi connectivity index (χ0n) is 37.2. The van der Waals surface area contributed by atoms with Gasteiger partial charge in [-0.2, -0.15) is 0 Å². The molecule has 14 nitrogen and oxygen atoms in total. The highest BCUT2D eigenvalue weighted by Gasteiger charge is 2.40. The quantitative estimate of drug-likeness (QED) is 0.0454. The van der Waals surface area contributed by atoms with Crippen LogP contribution in [0.1, 0.15) is 54.0 Å². The number of halogens is 1. The van der Waals surface area contributed by atoms with Gasteiger partial charge in [0.15, 0.2) is 34.5 Å². The van der Waals surface area contributed by atoms with Crippen LogP contribution in [0.3, 0.4) is 0 Å². The van der Waals surface area contributed by atoms with E-state index in [0.29, 0.717) is 76.3 Å². The first-order valence-corrected chi connectivity index (χ1v) is 21.0. The zero-order chi connectivity index (χ0) is 44.2. The fourth-order valence-corrected chi connectivity index (χ4v) is 9.07. The summed E-state index contributed by atoms with van der Waals surface area (Å²) in [6.07, 6.45) is 5.91. The molecule has 3 aromatic rings. The molecule has 0 saturated carbocycles. The second-order valence-corrected chi connectivity index (χ2v) is 16.2. The standard InChI is InChI=1S/C46H63ClN2O12/c1-48(19-14-33-27-37(52-2)38(53-3)28-34(33)36(48)22-31-23-39(54-4)44(58-8)40(24-31)55-5)15-12-21-61-46(51)35(47)29-43(50)60-20-13-18-49(16-10-11-17-49)30-32-25-41(56-6)45(59-9)42(26-32)57-7/h23-29,36H,10-22,30H2,1-9H3/q+2/b35-29-/t36-,48-/m1/s1. The van der Waals surface area contributed by atoms with Gasteiger partial charge in [0.1, 0.15) is 17.6 Å². The molecular formula is C46H63ClN2O12+2. The van der Waals surface area contributed by atoms with E-state index in [1.54, 1.807) is 56.9 Å². The van der Waals surface area contributed by atoms with E-state index < -0.39 is 11.9 Å². The maximum absolute atomic E-state index is 12.9. The van der Waals surface area contributed by atoms with Gasteiger partial charge in [-0.1, -0.05) is 11.6 Å². The number of hydrogen-bond acceptors (Lipinski definition) is 12. The number of benzene rings is 3. The van der Waals surface area contributed by atoms with Crippen molar-refractivity contribution in [1.29, 1.82) is 0 Å². The van der Waals surface area contributed by atoms with Gasteiger partial charge < -0.3 is 56.3 Å². The Balaban J connectivity index is 1.17. The fourth-order valence-electron chi connectivity index (χ4n) is 8.92. The largest absolute Gasteiger partial charge is 0.493 e. The molecule has 0 unspecified atom stereocenters. The molecule has 0 aliphatic carbocycles. The van der Waals surface area contributed by atoms with Crippen molar-refractivity contribution in [3.63, 3.8) is 0 Å². The van der Waals surface area contributed by atoms with Crippen molar-refractivity contribution in [3.05, 3.63) is 69.8 Å². The molecule has 1 saturated heterocycles. The summed E-state index contributed by atoms with van der Waals surface area (Å²) in [5.41, 5.74) is 4.43. The van der Waals surface area contributed by atoms with Gasteiger partial charge in [-0.25, -0.2) is 9.59 Å². The Morgan fingerprint density at radius 3 is 1.69 bits per heavy atom. The van der Waals surface area contributed by atoms with Crippen molar-refractivity contribution in [2.45, 2.75) is 51.1 Å². The van der Waals surface area contributed by atoms with Crippen LogP contribution in [0.15, 0.2) is 47.5 Å². The minimum atomic E-state index is -0.775. The first kappa shape index (κ1) is 47.0. The summed E-state index contributed by atoms with van der Waals surface area (Å²) in [5.74, 6) is 3.37. The number of likely N-dealkylation sites (tertiary alicyclic amines) is 1. The Labute approximate surface area is 365 Å². The molecular weight excluding hydrogens is 808 g/mol. The molecule has 334 valence electrons. The van der Waals surface area contributed by atoms with Gasteiger partial charge in [0, 0.05) is 55.7 Å². The number of fused-ring (bicyclic) bond motifs is 1. The van der Waals surface area contributed by atoms with E-state index in [1.807, 2.05) is 24.3 Å². The van der Waals surface area contributed by atoms with Gasteiger partial charge in [-0.15, -0.1) is 0 Å². The number of quaternary nitrogens is 2. The van der Waals surface area contributed by atoms with Crippen molar-refractivity contribution < 1.29 is 65.9 Å². The van der Waals surface area contributed by atoms with Crippen molar-refractivity contribution in [3.8, 4) is 46.0 Å². The molecule has 2 heterocycles. The minimum Gasteiger partial charge on any atom is -0.493 e. The third-order valence-corrected chi connectivity index (χ3v) is 12.3. The van der Waals surface area contributed by atoms with E-state index >= 15 is 0 Å². The molecule has 2 atom stereocenters. The van der Waals surface area contributed by atoms with Crippen molar-refractivity contribution >= 4 is 23.5 Å². The van der Waals surface area contributed by atoms with Gasteiger partial charge >= 0.3 is 11.9 Å². The summed E-state index contributed by atoms with van der Waals surface area (Å²) in [7, 11) is 15.1. The maximum atomic E-state index is 12.9. The highest BCUT2D eigenvalue weighted by molar-refractivity contribution is 6.42. The Hall–Kier alpha value is -5.05. The highest BCUT2D eigenvalue weighted by atomic mass is 35.5. The number of nitrogens with zero attached hydrogens (tertiary/aromatic N) is 2. The number of esters is 2. The smallest absolute Gasteiger partial charge is 0.350 e. The fraction of sp³-hybridized carbons (Fsp3) is 0.522. The Morgan fingerprint density at radius 2 is 1.15 bits per heavy atom. The molecule has 61 heavy (non-hydrogen) atoms. The number of likely N-dealkylation sites (N-methyl/N-ethyl adjacent to an activating group) is 1. The van der Waals surface area contributed by atoms with Crippen LogP contribution in [-0.4, -0.2) is 131 Å². The monoisotopic (exact) mass is 870 g/mol. The molecule has 0 bridgehead atoms. The summed E-state index contributed by atoms with van der Waals surface area (Å²) in [6, 6.07) is 12.1. The van der Waals surface area contributed by atoms with Crippen LogP contribution in [0.25, 0.3) is 0 Å². The molecule has 5 rings (SSSR count). The molecule has 1 fully saturated rings. The summed E-state index contributed by atoms with van der Waals surface area (Å²) in [4.78, 5) is 25.6. The molecule has 0 spiro atoms. The van der Waals surface area contributed by atoms with Crippen LogP contribution in [0, 0.1) is 0 Å². The van der Waals surface area contributed by atoms with E-state index in [1.165, 1.54) is 5.56 Å². The summed E-state index contributed by atoms with van der Waals surface area (Å²) < 4.78 is 57.5. The molecule has 0 radical (unpaired) electrons. The summed E-state index contributed by atoms with van der Waals surface area (Å²) >= 11 is 6.27. The van der Waals surface area contributed by atoms with Gasteiger partial charge in [0.2, 0.25) is 11.5 Å². The molecule has 0 N–H and O–H groups in total. The molecule has 3 aromatic carbocycles. The normalized spacial score (nSPS) is 18.1. The lowest BCUT2D eigenvalue weighted by molar-refractivity contribution is -0.941. The molecule has 2 aliphatic rings. The molecule has 15 heteroatoms. The zero-order valence-corrected chi connectivity index (χ0v) is 37.9. The third-order valence-electron chi connectivity index (χ3n) is 12.1. The van der Waals surface area contributed by atoms with E-state index in [9.17, 15) is 9.59 Å². The van der Waals surface area contributed by atoms with E-state index in [2.05, 4.69) is 19.2 Å². The van der Waals surface area contributed by atoms with Crippen LogP contribution in [-0.2, 0) is 38.4 Å². The topological polar surface area (TPSA) is 126 Å². The summed E-state index contributed by atoms with van der Waals surface area (Å²) in [6.45, 7) is 5.48. The van der Waals surface area contributed by atoms with Gasteiger partial charge in [-0.05, 0) is 47.5 Å². The maximum Gasteiger partial charge on any atom is 0.350 e. The van der Waals surface area contributed by atoms with Crippen molar-refractivity contribution in [2.24, 2.45) is 0 Å². The lowest BCUT2D eigenvalue weighted by Crippen LogP contribution is -2.52. The Morgan fingerprint density at radius 1 is 0.639 bits per heavy atom. The van der Waals surface area contributed by atoms with Crippen LogP contribution in [0.4, 0.5) is 0 Å². The number of rotatable bonds is 22. The van der Waals surface area contributed by atoms with Crippen molar-refractivity contribution in [1.82, 2.24) is 0 Å². The molecule has 0 aromatic heterocycles. The van der Waals surface area contributed by atoms with E-state index in [0.717, 1.165) is 79.2 Å². The van der Waals surface area contributed by atoms with Crippen LogP contribution >= 0.6 is 11.6 Å². The highest BCUT2D eigenvalue weighted by Crippen LogP contribution is 2.45. The SMILES string of the molecule is COc1cc2c(cc1OC)[C@@H](Cc1cc(OC)c(OC)c(OC)c1)[N@+](C)(CCCOC(=O)/C(Cl)=C/C(=O)OCCC[N+]1(Cc3cc(OC)c(OC)c(OC)c3)CCCC1)CC2. The Bertz CT molecular complexity index is 1970. The van der Waals surface area contributed by atoms with Crippen LogP contribution in [0.2, 0.25) is 0 Å². The van der Waals surface area contributed by atoms with E-state index in [-0.39, 0.29) is 24.3 Å². The second kappa shape index (κ2) is 21.7. The molecule has 0 amide bonds. The average molecular weight is 871 g/mol. The predicted molar refractivity (Wildman–Crippen MR) is 231 cm³/mol. The first-order chi connectivity index (χ1) is 29.4. The lowest BCUT2D eigenvalue weighted by Gasteiger charge is -2.46. The van der Waals surface area contributed by atoms with E-state index in [4.69, 9.17) is 59.0 Å². The Kier molecular flexibility index (Phi) is 16.7. The van der Waals surface area contributed by atoms with Crippen LogP contribution < -0.4 is 37.9 Å². The third kappa shape index (κ3) is 11.3. The van der Waals surface area contributed by atoms with Gasteiger partial charge in [0.25, 0.3) is 0 Å². The number of methoxy groups -OCH3 is 8. The van der Waals surface area contributed by atoms with Gasteiger partial charge in [0.05, 0.1) is 110 Å². The van der Waals surface area contributed by atoms with Crippen molar-refractivity contribution in [2.75, 3.05) is 110 Å². The number of carbonyl (C=O) groups is 2. The minimum absolute atomic E-state index is 0.00265. The predicted octanol–water partition coefficient (Wildman–Crippen LogP) is 6.84. The van der Waals surface area contributed by atoms with Gasteiger partial charge in [-0.3, -0.25) is 0 Å². The first-order valence-electron chi connectivity index (χ1n) is 20.6. The second-order valence-electron chi connectivity index (χ2n) is 15.8. The average Bonchev–Trinajstić information content (AvgIpc) is 3.74. The molecule has 2 aliphatic heterocycles.